The predicted octanol–water partition coefficient (Wildman–Crippen LogP) is 2.90. The van der Waals surface area contributed by atoms with Crippen LogP contribution in [0.4, 0.5) is 16.0 Å². The molecule has 0 saturated heterocycles. The Hall–Kier alpha value is -3.82. The first kappa shape index (κ1) is 17.3. The van der Waals surface area contributed by atoms with Gasteiger partial charge in [0.2, 0.25) is 5.95 Å². The summed E-state index contributed by atoms with van der Waals surface area (Å²) < 4.78 is 18.2. The molecule has 1 N–H and O–H groups in total. The van der Waals surface area contributed by atoms with Crippen LogP contribution in [-0.2, 0) is 13.6 Å². The number of halogens is 1. The van der Waals surface area contributed by atoms with Gasteiger partial charge in [0.25, 0.3) is 0 Å². The van der Waals surface area contributed by atoms with Gasteiger partial charge in [0.1, 0.15) is 18.0 Å². The smallest absolute Gasteiger partial charge is 0.245 e. The lowest BCUT2D eigenvalue weighted by Gasteiger charge is -2.05. The fourth-order valence-corrected chi connectivity index (χ4v) is 3.41. The molecule has 0 aromatic carbocycles. The fourth-order valence-electron chi connectivity index (χ4n) is 3.41. The highest BCUT2D eigenvalue weighted by Crippen LogP contribution is 2.26. The molecule has 0 spiro atoms. The third-order valence-corrected chi connectivity index (χ3v) is 4.74. The molecule has 0 aliphatic rings. The number of nitrogens with zero attached hydrogens (tertiary/aromatic N) is 8. The quantitative estimate of drug-likeness (QED) is 0.495. The van der Waals surface area contributed by atoms with E-state index >= 15 is 0 Å². The maximum atomic E-state index is 12.9. The summed E-state index contributed by atoms with van der Waals surface area (Å²) in [5.41, 5.74) is 4.71. The van der Waals surface area contributed by atoms with Crippen LogP contribution in [0.5, 0.6) is 0 Å². The second-order valence-corrected chi connectivity index (χ2v) is 6.71. The molecule has 5 heterocycles. The minimum absolute atomic E-state index is 0.238. The Bertz CT molecular complexity index is 1330. The van der Waals surface area contributed by atoms with Crippen LogP contribution in [0.15, 0.2) is 43.0 Å². The van der Waals surface area contributed by atoms with Crippen LogP contribution in [0.3, 0.4) is 0 Å². The molecular weight excluding hydrogens is 373 g/mol. The van der Waals surface area contributed by atoms with Crippen LogP contribution in [-0.4, -0.2) is 45.6 Å². The molecule has 5 aromatic heterocycles. The Morgan fingerprint density at radius 1 is 1.14 bits per heavy atom. The summed E-state index contributed by atoms with van der Waals surface area (Å²) in [5.74, 6) is 1.21. The molecule has 146 valence electrons. The van der Waals surface area contributed by atoms with E-state index in [1.54, 1.807) is 26.2 Å². The van der Waals surface area contributed by atoms with Crippen molar-refractivity contribution < 1.29 is 4.39 Å². The zero-order valence-electron chi connectivity index (χ0n) is 15.9. The molecule has 0 unspecified atom stereocenters. The summed E-state index contributed by atoms with van der Waals surface area (Å²) in [6, 6.07) is 5.75. The second-order valence-electron chi connectivity index (χ2n) is 6.71. The molecule has 0 amide bonds. The van der Waals surface area contributed by atoms with E-state index in [1.807, 2.05) is 44.6 Å². The Labute approximate surface area is 164 Å². The molecular formula is C19H18FN9. The number of aryl methyl sites for hydroxylation is 3. The summed E-state index contributed by atoms with van der Waals surface area (Å²) in [6.45, 7) is 1.63. The predicted molar refractivity (Wildman–Crippen MR) is 107 cm³/mol. The molecule has 5 aromatic rings. The third kappa shape index (κ3) is 2.98. The minimum atomic E-state index is -0.464. The molecule has 29 heavy (non-hydrogen) atoms. The van der Waals surface area contributed by atoms with E-state index in [2.05, 4.69) is 25.5 Å². The van der Waals surface area contributed by atoms with Gasteiger partial charge in [0, 0.05) is 25.0 Å². The Morgan fingerprint density at radius 3 is 2.83 bits per heavy atom. The highest BCUT2D eigenvalue weighted by atomic mass is 19.1. The van der Waals surface area contributed by atoms with E-state index in [1.165, 1.54) is 0 Å². The molecule has 10 heteroatoms. The van der Waals surface area contributed by atoms with Crippen LogP contribution in [0, 0.1) is 6.92 Å². The van der Waals surface area contributed by atoms with E-state index in [9.17, 15) is 4.39 Å². The van der Waals surface area contributed by atoms with Crippen molar-refractivity contribution in [2.75, 3.05) is 12.0 Å². The van der Waals surface area contributed by atoms with E-state index in [0.29, 0.717) is 11.6 Å². The van der Waals surface area contributed by atoms with Crippen LogP contribution < -0.4 is 5.32 Å². The second kappa shape index (κ2) is 6.66. The molecule has 0 fully saturated rings. The maximum Gasteiger partial charge on any atom is 0.245 e. The standard InChI is InChI=1S/C19H18FN9/c1-12-23-16-4-3-15(25-18(16)28(12)8-6-20)14-5-7-29-17(14)10-21-19(26-29)24-13-9-22-27(2)11-13/h3-5,7,9-11H,6,8H2,1-2H3,(H,24,26). The monoisotopic (exact) mass is 391 g/mol. The van der Waals surface area contributed by atoms with Crippen molar-refractivity contribution >= 4 is 28.3 Å². The average molecular weight is 391 g/mol. The van der Waals surface area contributed by atoms with Gasteiger partial charge in [-0.05, 0) is 25.1 Å². The first-order chi connectivity index (χ1) is 14.1. The number of fused-ring (bicyclic) bond motifs is 2. The van der Waals surface area contributed by atoms with Gasteiger partial charge in [-0.2, -0.15) is 5.10 Å². The van der Waals surface area contributed by atoms with E-state index < -0.39 is 6.67 Å². The minimum Gasteiger partial charge on any atom is -0.320 e. The molecule has 0 bridgehead atoms. The van der Waals surface area contributed by atoms with E-state index in [0.717, 1.165) is 33.8 Å². The largest absolute Gasteiger partial charge is 0.320 e. The number of imidazole rings is 1. The van der Waals surface area contributed by atoms with Gasteiger partial charge >= 0.3 is 0 Å². The first-order valence-electron chi connectivity index (χ1n) is 9.12. The molecule has 9 nitrogen and oxygen atoms in total. The number of anilines is 2. The van der Waals surface area contributed by atoms with Gasteiger partial charge in [0.15, 0.2) is 5.65 Å². The van der Waals surface area contributed by atoms with Crippen molar-refractivity contribution in [2.24, 2.45) is 7.05 Å². The number of nitrogens with one attached hydrogen (secondary N) is 1. The number of hydrogen-bond acceptors (Lipinski definition) is 6. The van der Waals surface area contributed by atoms with Crippen molar-refractivity contribution in [1.29, 1.82) is 0 Å². The van der Waals surface area contributed by atoms with Gasteiger partial charge in [-0.15, -0.1) is 5.10 Å². The lowest BCUT2D eigenvalue weighted by Crippen LogP contribution is -2.03. The Morgan fingerprint density at radius 2 is 2.03 bits per heavy atom. The number of hydrogen-bond donors (Lipinski definition) is 1. The van der Waals surface area contributed by atoms with Crippen molar-refractivity contribution in [3.63, 3.8) is 0 Å². The van der Waals surface area contributed by atoms with E-state index in [4.69, 9.17) is 4.98 Å². The SMILES string of the molecule is Cc1nc2ccc(-c3ccn4nc(Nc5cnn(C)c5)ncc34)nc2n1CCF. The molecule has 0 aliphatic carbocycles. The first-order valence-corrected chi connectivity index (χ1v) is 9.12. The summed E-state index contributed by atoms with van der Waals surface area (Å²) >= 11 is 0. The van der Waals surface area contributed by atoms with Crippen LogP contribution in [0.25, 0.3) is 27.9 Å². The summed E-state index contributed by atoms with van der Waals surface area (Å²) in [7, 11) is 1.85. The lowest BCUT2D eigenvalue weighted by atomic mass is 10.2. The zero-order valence-corrected chi connectivity index (χ0v) is 15.9. The van der Waals surface area contributed by atoms with Crippen molar-refractivity contribution in [3.05, 3.63) is 48.8 Å². The number of aromatic nitrogens is 8. The van der Waals surface area contributed by atoms with Gasteiger partial charge in [0.05, 0.1) is 35.8 Å². The van der Waals surface area contributed by atoms with Crippen molar-refractivity contribution in [3.8, 4) is 11.3 Å². The van der Waals surface area contributed by atoms with Crippen LogP contribution in [0.2, 0.25) is 0 Å². The van der Waals surface area contributed by atoms with Crippen molar-refractivity contribution in [2.45, 2.75) is 13.5 Å². The Balaban J connectivity index is 1.54. The third-order valence-electron chi connectivity index (χ3n) is 4.74. The summed E-state index contributed by atoms with van der Waals surface area (Å²) in [6.07, 6.45) is 7.15. The van der Waals surface area contributed by atoms with Gasteiger partial charge in [-0.1, -0.05) is 0 Å². The zero-order chi connectivity index (χ0) is 20.0. The number of rotatable bonds is 5. The highest BCUT2D eigenvalue weighted by Gasteiger charge is 2.13. The van der Waals surface area contributed by atoms with E-state index in [-0.39, 0.29) is 6.54 Å². The molecule has 0 aliphatic heterocycles. The fraction of sp³-hybridized carbons (Fsp3) is 0.211. The summed E-state index contributed by atoms with van der Waals surface area (Å²) in [5, 5.41) is 11.7. The van der Waals surface area contributed by atoms with Crippen molar-refractivity contribution in [1.82, 2.24) is 38.9 Å². The topological polar surface area (TPSA) is 90.8 Å². The summed E-state index contributed by atoms with van der Waals surface area (Å²) in [4.78, 5) is 13.6. The molecule has 5 rings (SSSR count). The van der Waals surface area contributed by atoms with Crippen LogP contribution in [0.1, 0.15) is 5.82 Å². The Kier molecular flexibility index (Phi) is 3.97. The number of pyridine rings is 1. The van der Waals surface area contributed by atoms with Crippen LogP contribution >= 0.6 is 0 Å². The average Bonchev–Trinajstić information content (AvgIpc) is 3.39. The highest BCUT2D eigenvalue weighted by molar-refractivity contribution is 5.82. The molecule has 0 saturated carbocycles. The maximum absolute atomic E-state index is 12.9. The van der Waals surface area contributed by atoms with Gasteiger partial charge in [-0.25, -0.2) is 23.9 Å². The molecule has 0 atom stereocenters. The molecule has 0 radical (unpaired) electrons. The normalized spacial score (nSPS) is 11.6. The number of alkyl halides is 1. The van der Waals surface area contributed by atoms with Gasteiger partial charge < -0.3 is 9.88 Å². The lowest BCUT2D eigenvalue weighted by molar-refractivity contribution is 0.445. The van der Waals surface area contributed by atoms with Gasteiger partial charge in [-0.3, -0.25) is 4.68 Å².